The lowest BCUT2D eigenvalue weighted by Crippen LogP contribution is -2.26. The van der Waals surface area contributed by atoms with Crippen LogP contribution in [0.15, 0.2) is 6.33 Å². The number of H-pyrrole nitrogens is 1. The molecule has 20 heavy (non-hydrogen) atoms. The molecule has 0 radical (unpaired) electrons. The number of rotatable bonds is 9. The van der Waals surface area contributed by atoms with Crippen LogP contribution in [0.5, 0.6) is 0 Å². The zero-order chi connectivity index (χ0) is 15.2. The van der Waals surface area contributed by atoms with Gasteiger partial charge in [-0.15, -0.1) is 0 Å². The van der Waals surface area contributed by atoms with Gasteiger partial charge in [0.05, 0.1) is 12.0 Å². The molecule has 1 rings (SSSR count). The van der Waals surface area contributed by atoms with Gasteiger partial charge in [-0.05, 0) is 12.8 Å². The van der Waals surface area contributed by atoms with Crippen LogP contribution in [0.2, 0.25) is 0 Å². The molecule has 0 aromatic carbocycles. The van der Waals surface area contributed by atoms with E-state index in [1.807, 2.05) is 6.33 Å². The molecule has 0 amide bonds. The number of nitrogens with one attached hydrogen (secondary N) is 1. The fraction of sp³-hybridized carbons (Fsp3) is 0.833. The average Bonchev–Trinajstić information content (AvgIpc) is 2.87. The molecule has 1 N–H and O–H groups in total. The van der Waals surface area contributed by atoms with Crippen molar-refractivity contribution in [3.8, 4) is 0 Å². The van der Waals surface area contributed by atoms with Gasteiger partial charge in [0.1, 0.15) is 0 Å². The van der Waals surface area contributed by atoms with Crippen LogP contribution in [0.4, 0.5) is 0 Å². The zero-order valence-electron chi connectivity index (χ0n) is 14.5. The molecule has 2 heteroatoms. The topological polar surface area (TPSA) is 28.7 Å². The monoisotopic (exact) mass is 278 g/mol. The Morgan fingerprint density at radius 2 is 1.50 bits per heavy atom. The van der Waals surface area contributed by atoms with Crippen molar-refractivity contribution < 1.29 is 0 Å². The minimum Gasteiger partial charge on any atom is -0.348 e. The van der Waals surface area contributed by atoms with Gasteiger partial charge < -0.3 is 4.98 Å². The third-order valence-electron chi connectivity index (χ3n) is 4.52. The van der Waals surface area contributed by atoms with Gasteiger partial charge in [-0.1, -0.05) is 73.6 Å². The Morgan fingerprint density at radius 1 is 0.900 bits per heavy atom. The van der Waals surface area contributed by atoms with Crippen LogP contribution < -0.4 is 0 Å². The molecule has 0 aliphatic rings. The largest absolute Gasteiger partial charge is 0.348 e. The molecule has 0 atom stereocenters. The van der Waals surface area contributed by atoms with Gasteiger partial charge in [0.15, 0.2) is 0 Å². The summed E-state index contributed by atoms with van der Waals surface area (Å²) < 4.78 is 0. The predicted molar refractivity (Wildman–Crippen MR) is 88.3 cm³/mol. The maximum absolute atomic E-state index is 4.69. The Morgan fingerprint density at radius 3 is 2.10 bits per heavy atom. The quantitative estimate of drug-likeness (QED) is 0.574. The summed E-state index contributed by atoms with van der Waals surface area (Å²) in [6.45, 7) is 13.9. The van der Waals surface area contributed by atoms with Crippen LogP contribution in [0.1, 0.15) is 97.9 Å². The number of unbranched alkanes of at least 4 members (excludes halogenated alkanes) is 3. The van der Waals surface area contributed by atoms with Crippen molar-refractivity contribution in [2.45, 2.75) is 97.3 Å². The number of aromatic amines is 1. The Hall–Kier alpha value is -0.790. The van der Waals surface area contributed by atoms with E-state index in [4.69, 9.17) is 0 Å². The SMILES string of the molecule is CCCCCC(C)(C)c1nc[nH]c1C(C)(C)CCCC. The molecule has 0 unspecified atom stereocenters. The molecule has 1 aromatic heterocycles. The molecule has 0 fully saturated rings. The molecule has 116 valence electrons. The molecule has 0 spiro atoms. The highest BCUT2D eigenvalue weighted by Gasteiger charge is 2.32. The van der Waals surface area contributed by atoms with Crippen LogP contribution in [0.25, 0.3) is 0 Å². The number of aromatic nitrogens is 2. The standard InChI is InChI=1S/C18H34N2/c1-7-9-11-13-18(5,6)16-15(19-14-20-16)17(3,4)12-10-8-2/h14H,7-13H2,1-6H3,(H,19,20). The van der Waals surface area contributed by atoms with E-state index in [1.54, 1.807) is 0 Å². The number of nitrogens with zero attached hydrogens (tertiary/aromatic N) is 1. The Labute approximate surface area is 125 Å². The van der Waals surface area contributed by atoms with E-state index in [-0.39, 0.29) is 10.8 Å². The molecule has 1 heterocycles. The number of imidazole rings is 1. The van der Waals surface area contributed by atoms with Gasteiger partial charge in [0, 0.05) is 16.5 Å². The van der Waals surface area contributed by atoms with Crippen molar-refractivity contribution in [3.05, 3.63) is 17.7 Å². The third-order valence-corrected chi connectivity index (χ3v) is 4.52. The first kappa shape index (κ1) is 17.3. The van der Waals surface area contributed by atoms with Gasteiger partial charge in [-0.2, -0.15) is 0 Å². The lowest BCUT2D eigenvalue weighted by Gasteiger charge is -2.30. The number of hydrogen-bond acceptors (Lipinski definition) is 1. The predicted octanol–water partition coefficient (Wildman–Crippen LogP) is 5.74. The van der Waals surface area contributed by atoms with Crippen LogP contribution in [-0.2, 0) is 10.8 Å². The molecule has 1 aromatic rings. The van der Waals surface area contributed by atoms with E-state index in [2.05, 4.69) is 51.5 Å². The van der Waals surface area contributed by atoms with Crippen molar-refractivity contribution in [2.24, 2.45) is 0 Å². The molecule has 0 aliphatic heterocycles. The Bertz CT molecular complexity index is 388. The molecule has 0 aliphatic carbocycles. The summed E-state index contributed by atoms with van der Waals surface area (Å²) in [4.78, 5) is 8.13. The summed E-state index contributed by atoms with van der Waals surface area (Å²) in [6.07, 6.45) is 10.8. The molecule has 0 saturated carbocycles. The summed E-state index contributed by atoms with van der Waals surface area (Å²) in [5.41, 5.74) is 3.01. The summed E-state index contributed by atoms with van der Waals surface area (Å²) in [5.74, 6) is 0. The van der Waals surface area contributed by atoms with Gasteiger partial charge in [-0.25, -0.2) is 4.98 Å². The zero-order valence-corrected chi connectivity index (χ0v) is 14.5. The van der Waals surface area contributed by atoms with Crippen molar-refractivity contribution in [2.75, 3.05) is 0 Å². The minimum absolute atomic E-state index is 0.175. The van der Waals surface area contributed by atoms with Crippen molar-refractivity contribution >= 4 is 0 Å². The first-order chi connectivity index (χ1) is 9.35. The van der Waals surface area contributed by atoms with Crippen LogP contribution in [0.3, 0.4) is 0 Å². The van der Waals surface area contributed by atoms with Gasteiger partial charge in [0.2, 0.25) is 0 Å². The summed E-state index contributed by atoms with van der Waals surface area (Å²) in [5, 5.41) is 0. The average molecular weight is 278 g/mol. The Kier molecular flexibility index (Phi) is 6.29. The van der Waals surface area contributed by atoms with E-state index in [0.717, 1.165) is 0 Å². The van der Waals surface area contributed by atoms with Crippen LogP contribution in [0, 0.1) is 0 Å². The fourth-order valence-corrected chi connectivity index (χ4v) is 3.00. The maximum atomic E-state index is 4.69. The molecule has 0 bridgehead atoms. The number of hydrogen-bond donors (Lipinski definition) is 1. The first-order valence-electron chi connectivity index (χ1n) is 8.39. The first-order valence-corrected chi connectivity index (χ1v) is 8.39. The van der Waals surface area contributed by atoms with E-state index in [1.165, 1.54) is 56.3 Å². The third kappa shape index (κ3) is 4.36. The second kappa shape index (κ2) is 7.28. The lowest BCUT2D eigenvalue weighted by atomic mass is 9.75. The van der Waals surface area contributed by atoms with E-state index in [9.17, 15) is 0 Å². The fourth-order valence-electron chi connectivity index (χ4n) is 3.00. The minimum atomic E-state index is 0.175. The highest BCUT2D eigenvalue weighted by atomic mass is 14.9. The van der Waals surface area contributed by atoms with Crippen molar-refractivity contribution in [3.63, 3.8) is 0 Å². The van der Waals surface area contributed by atoms with Gasteiger partial charge >= 0.3 is 0 Å². The molecular formula is C18H34N2. The normalized spacial score (nSPS) is 12.9. The highest BCUT2D eigenvalue weighted by Crippen LogP contribution is 2.37. The van der Waals surface area contributed by atoms with Crippen LogP contribution >= 0.6 is 0 Å². The van der Waals surface area contributed by atoms with E-state index < -0.39 is 0 Å². The second-order valence-electron chi connectivity index (χ2n) is 7.45. The molecule has 0 saturated heterocycles. The highest BCUT2D eigenvalue weighted by molar-refractivity contribution is 5.27. The molecular weight excluding hydrogens is 244 g/mol. The molecule has 2 nitrogen and oxygen atoms in total. The van der Waals surface area contributed by atoms with Gasteiger partial charge in [-0.3, -0.25) is 0 Å². The van der Waals surface area contributed by atoms with E-state index >= 15 is 0 Å². The smallest absolute Gasteiger partial charge is 0.0925 e. The maximum Gasteiger partial charge on any atom is 0.0925 e. The summed E-state index contributed by atoms with van der Waals surface area (Å²) in [6, 6.07) is 0. The summed E-state index contributed by atoms with van der Waals surface area (Å²) >= 11 is 0. The lowest BCUT2D eigenvalue weighted by molar-refractivity contribution is 0.401. The van der Waals surface area contributed by atoms with Crippen molar-refractivity contribution in [1.82, 2.24) is 9.97 Å². The van der Waals surface area contributed by atoms with Crippen molar-refractivity contribution in [1.29, 1.82) is 0 Å². The Balaban J connectivity index is 2.89. The van der Waals surface area contributed by atoms with E-state index in [0.29, 0.717) is 0 Å². The van der Waals surface area contributed by atoms with Crippen LogP contribution in [-0.4, -0.2) is 9.97 Å². The van der Waals surface area contributed by atoms with Gasteiger partial charge in [0.25, 0.3) is 0 Å². The second-order valence-corrected chi connectivity index (χ2v) is 7.45. The summed E-state index contributed by atoms with van der Waals surface area (Å²) in [7, 11) is 0.